The fourth-order valence-corrected chi connectivity index (χ4v) is 1.59. The van der Waals surface area contributed by atoms with Crippen molar-refractivity contribution in [3.8, 4) is 5.75 Å². The first-order chi connectivity index (χ1) is 7.52. The minimum atomic E-state index is -0.517. The van der Waals surface area contributed by atoms with E-state index in [0.717, 1.165) is 11.1 Å². The van der Waals surface area contributed by atoms with Crippen LogP contribution in [0.25, 0.3) is 0 Å². The molecule has 0 aliphatic heterocycles. The highest BCUT2D eigenvalue weighted by Crippen LogP contribution is 2.20. The van der Waals surface area contributed by atoms with Crippen molar-refractivity contribution in [2.24, 2.45) is 5.73 Å². The van der Waals surface area contributed by atoms with Gasteiger partial charge in [0.1, 0.15) is 5.75 Å². The highest BCUT2D eigenvalue weighted by Gasteiger charge is 2.07. The number of rotatable bonds is 5. The maximum absolute atomic E-state index is 9.66. The molecule has 90 valence electrons. The quantitative estimate of drug-likeness (QED) is 0.673. The summed E-state index contributed by atoms with van der Waals surface area (Å²) in [6.07, 6.45) is 0.00811. The molecule has 0 amide bonds. The van der Waals surface area contributed by atoms with Crippen molar-refractivity contribution in [2.75, 3.05) is 20.6 Å². The number of aromatic hydroxyl groups is 1. The van der Waals surface area contributed by atoms with Gasteiger partial charge in [-0.25, -0.2) is 0 Å². The van der Waals surface area contributed by atoms with Crippen LogP contribution in [0.1, 0.15) is 11.1 Å². The second kappa shape index (κ2) is 5.84. The molecule has 1 aromatic carbocycles. The second-order valence-corrected chi connectivity index (χ2v) is 4.29. The molecule has 1 rings (SSSR count). The zero-order chi connectivity index (χ0) is 12.1. The highest BCUT2D eigenvalue weighted by atomic mass is 16.3. The van der Waals surface area contributed by atoms with E-state index in [1.165, 1.54) is 0 Å². The molecule has 4 heteroatoms. The van der Waals surface area contributed by atoms with Gasteiger partial charge in [0.2, 0.25) is 0 Å². The van der Waals surface area contributed by atoms with Gasteiger partial charge in [-0.3, -0.25) is 0 Å². The highest BCUT2D eigenvalue weighted by molar-refractivity contribution is 5.36. The van der Waals surface area contributed by atoms with E-state index in [1.54, 1.807) is 6.07 Å². The summed E-state index contributed by atoms with van der Waals surface area (Å²) in [5.41, 5.74) is 7.22. The lowest BCUT2D eigenvalue weighted by Gasteiger charge is -2.14. The smallest absolute Gasteiger partial charge is 0.120 e. The lowest BCUT2D eigenvalue weighted by Crippen LogP contribution is -2.22. The molecule has 0 saturated carbocycles. The Kier molecular flexibility index (Phi) is 4.73. The van der Waals surface area contributed by atoms with Crippen LogP contribution in [0.5, 0.6) is 5.75 Å². The molecule has 4 N–H and O–H groups in total. The predicted molar refractivity (Wildman–Crippen MR) is 64.3 cm³/mol. The number of aliphatic hydroxyl groups excluding tert-OH is 1. The number of nitrogens with zero attached hydrogens (tertiary/aromatic N) is 1. The molecule has 0 aliphatic rings. The monoisotopic (exact) mass is 224 g/mol. The molecule has 0 aliphatic carbocycles. The summed E-state index contributed by atoms with van der Waals surface area (Å²) in [5, 5.41) is 19.1. The summed E-state index contributed by atoms with van der Waals surface area (Å²) >= 11 is 0. The van der Waals surface area contributed by atoms with Gasteiger partial charge in [0, 0.05) is 18.7 Å². The summed E-state index contributed by atoms with van der Waals surface area (Å²) in [4.78, 5) is 1.98. The van der Waals surface area contributed by atoms with Crippen molar-refractivity contribution in [1.82, 2.24) is 4.90 Å². The molecule has 16 heavy (non-hydrogen) atoms. The average Bonchev–Trinajstić information content (AvgIpc) is 2.22. The number of aliphatic hydroxyl groups is 1. The number of phenolic OH excluding ortho intramolecular Hbond substituents is 1. The van der Waals surface area contributed by atoms with Crippen LogP contribution < -0.4 is 5.73 Å². The standard InChI is InChI=1S/C12H20N2O2/c1-14(2)8-10-5-9(3-4-12(10)16)6-11(15)7-13/h3-5,11,15-16H,6-8,13H2,1-2H3. The first-order valence-electron chi connectivity index (χ1n) is 5.36. The third kappa shape index (κ3) is 3.81. The van der Waals surface area contributed by atoms with E-state index in [1.807, 2.05) is 31.1 Å². The summed E-state index contributed by atoms with van der Waals surface area (Å²) in [6.45, 7) is 0.933. The van der Waals surface area contributed by atoms with E-state index in [-0.39, 0.29) is 6.54 Å². The molecule has 1 atom stereocenters. The molecule has 0 saturated heterocycles. The number of nitrogens with two attached hydrogens (primary N) is 1. The topological polar surface area (TPSA) is 69.7 Å². The molecule has 0 fully saturated rings. The maximum Gasteiger partial charge on any atom is 0.120 e. The molecule has 1 aromatic rings. The van der Waals surface area contributed by atoms with Gasteiger partial charge in [-0.1, -0.05) is 12.1 Å². The zero-order valence-electron chi connectivity index (χ0n) is 9.85. The third-order valence-electron chi connectivity index (χ3n) is 2.37. The molecule has 0 bridgehead atoms. The molecule has 0 radical (unpaired) electrons. The Hall–Kier alpha value is -1.10. The summed E-state index contributed by atoms with van der Waals surface area (Å²) in [5.74, 6) is 0.291. The first-order valence-corrected chi connectivity index (χ1v) is 5.36. The SMILES string of the molecule is CN(C)Cc1cc(CC(O)CN)ccc1O. The van der Waals surface area contributed by atoms with Crippen LogP contribution in [-0.2, 0) is 13.0 Å². The molecular formula is C12H20N2O2. The molecule has 0 spiro atoms. The third-order valence-corrected chi connectivity index (χ3v) is 2.37. The number of hydrogen-bond acceptors (Lipinski definition) is 4. The summed E-state index contributed by atoms with van der Waals surface area (Å²) in [7, 11) is 3.89. The molecular weight excluding hydrogens is 204 g/mol. The van der Waals surface area contributed by atoms with Crippen molar-refractivity contribution in [3.05, 3.63) is 29.3 Å². The van der Waals surface area contributed by atoms with Crippen molar-refractivity contribution < 1.29 is 10.2 Å². The van der Waals surface area contributed by atoms with Gasteiger partial charge in [-0.15, -0.1) is 0 Å². The largest absolute Gasteiger partial charge is 0.508 e. The lowest BCUT2D eigenvalue weighted by molar-refractivity contribution is 0.183. The van der Waals surface area contributed by atoms with E-state index in [2.05, 4.69) is 0 Å². The van der Waals surface area contributed by atoms with Gasteiger partial charge in [-0.05, 0) is 32.1 Å². The Morgan fingerprint density at radius 1 is 1.38 bits per heavy atom. The van der Waals surface area contributed by atoms with Crippen LogP contribution in [0, 0.1) is 0 Å². The number of hydrogen-bond donors (Lipinski definition) is 3. The van der Waals surface area contributed by atoms with Gasteiger partial charge < -0.3 is 20.8 Å². The van der Waals surface area contributed by atoms with Gasteiger partial charge in [0.05, 0.1) is 6.10 Å². The van der Waals surface area contributed by atoms with Crippen molar-refractivity contribution in [3.63, 3.8) is 0 Å². The first kappa shape index (κ1) is 13.0. The Morgan fingerprint density at radius 2 is 2.06 bits per heavy atom. The van der Waals surface area contributed by atoms with E-state index >= 15 is 0 Å². The van der Waals surface area contributed by atoms with Crippen LogP contribution >= 0.6 is 0 Å². The second-order valence-electron chi connectivity index (χ2n) is 4.29. The van der Waals surface area contributed by atoms with E-state index < -0.39 is 6.10 Å². The Labute approximate surface area is 96.3 Å². The predicted octanol–water partition coefficient (Wildman–Crippen LogP) is 0.316. The van der Waals surface area contributed by atoms with Gasteiger partial charge in [0.15, 0.2) is 0 Å². The fourth-order valence-electron chi connectivity index (χ4n) is 1.59. The van der Waals surface area contributed by atoms with Crippen LogP contribution in [0.3, 0.4) is 0 Å². The minimum absolute atomic E-state index is 0.254. The molecule has 1 unspecified atom stereocenters. The number of phenols is 1. The Bertz CT molecular complexity index is 340. The van der Waals surface area contributed by atoms with Crippen molar-refractivity contribution >= 4 is 0 Å². The fraction of sp³-hybridized carbons (Fsp3) is 0.500. The van der Waals surface area contributed by atoms with E-state index in [0.29, 0.717) is 18.7 Å². The Balaban J connectivity index is 2.80. The maximum atomic E-state index is 9.66. The van der Waals surface area contributed by atoms with Crippen molar-refractivity contribution in [1.29, 1.82) is 0 Å². The van der Waals surface area contributed by atoms with E-state index in [4.69, 9.17) is 5.73 Å². The summed E-state index contributed by atoms with van der Waals surface area (Å²) < 4.78 is 0. The molecule has 0 aromatic heterocycles. The summed E-state index contributed by atoms with van der Waals surface area (Å²) in [6, 6.07) is 5.39. The van der Waals surface area contributed by atoms with Gasteiger partial charge in [-0.2, -0.15) is 0 Å². The normalized spacial score (nSPS) is 13.1. The van der Waals surface area contributed by atoms with Crippen LogP contribution in [0.2, 0.25) is 0 Å². The van der Waals surface area contributed by atoms with Crippen molar-refractivity contribution in [2.45, 2.75) is 19.1 Å². The Morgan fingerprint density at radius 3 is 2.62 bits per heavy atom. The van der Waals surface area contributed by atoms with Gasteiger partial charge >= 0.3 is 0 Å². The average molecular weight is 224 g/mol. The van der Waals surface area contributed by atoms with Crippen LogP contribution in [0.15, 0.2) is 18.2 Å². The lowest BCUT2D eigenvalue weighted by atomic mass is 10.0. The molecule has 0 heterocycles. The van der Waals surface area contributed by atoms with E-state index in [9.17, 15) is 10.2 Å². The van der Waals surface area contributed by atoms with Crippen LogP contribution in [-0.4, -0.2) is 41.9 Å². The minimum Gasteiger partial charge on any atom is -0.508 e. The van der Waals surface area contributed by atoms with Gasteiger partial charge in [0.25, 0.3) is 0 Å². The number of benzene rings is 1. The zero-order valence-corrected chi connectivity index (χ0v) is 9.85. The van der Waals surface area contributed by atoms with Crippen LogP contribution in [0.4, 0.5) is 0 Å². The molecule has 4 nitrogen and oxygen atoms in total.